The van der Waals surface area contributed by atoms with Gasteiger partial charge in [-0.15, -0.1) is 0 Å². The van der Waals surface area contributed by atoms with Gasteiger partial charge in [-0.2, -0.15) is 4.31 Å². The van der Waals surface area contributed by atoms with Crippen LogP contribution in [0.4, 0.5) is 4.39 Å². The van der Waals surface area contributed by atoms with E-state index in [-0.39, 0.29) is 23.9 Å². The number of hydrogen-bond acceptors (Lipinski definition) is 3. The minimum atomic E-state index is -3.70. The van der Waals surface area contributed by atoms with E-state index in [1.165, 1.54) is 33.0 Å². The number of aryl methyl sites for hydroxylation is 2. The van der Waals surface area contributed by atoms with Crippen molar-refractivity contribution >= 4 is 26.7 Å². The normalized spacial score (nSPS) is 16.9. The van der Waals surface area contributed by atoms with E-state index in [9.17, 15) is 17.6 Å². The predicted molar refractivity (Wildman–Crippen MR) is 112 cm³/mol. The van der Waals surface area contributed by atoms with Crippen LogP contribution in [0.1, 0.15) is 21.5 Å². The molecule has 7 heteroatoms. The van der Waals surface area contributed by atoms with Crippen LogP contribution in [0.2, 0.25) is 0 Å². The summed E-state index contributed by atoms with van der Waals surface area (Å²) >= 11 is 0. The Kier molecular flexibility index (Phi) is 4.60. The third-order valence-electron chi connectivity index (χ3n) is 6.08. The van der Waals surface area contributed by atoms with E-state index in [0.717, 1.165) is 30.4 Å². The van der Waals surface area contributed by atoms with E-state index in [2.05, 4.69) is 6.07 Å². The standard InChI is InChI=1S/C23H21FN2O3S/c24-18-7-9-19(10-8-18)30(28,29)26-14-12-25(13-15-26)23(27)21-11-6-17-5-4-16-2-1-3-20(21)22(16)17/h1-3,6-11H,4-5,12-15H2. The smallest absolute Gasteiger partial charge is 0.254 e. The van der Waals surface area contributed by atoms with Crippen LogP contribution in [-0.2, 0) is 22.9 Å². The molecule has 5 rings (SSSR count). The van der Waals surface area contributed by atoms with Gasteiger partial charge in [-0.25, -0.2) is 12.8 Å². The summed E-state index contributed by atoms with van der Waals surface area (Å²) in [5, 5.41) is 2.18. The second-order valence-electron chi connectivity index (χ2n) is 7.76. The van der Waals surface area contributed by atoms with Gasteiger partial charge in [0.2, 0.25) is 10.0 Å². The fourth-order valence-corrected chi connectivity index (χ4v) is 5.91. The highest BCUT2D eigenvalue weighted by atomic mass is 32.2. The van der Waals surface area contributed by atoms with Crippen LogP contribution in [0.25, 0.3) is 10.8 Å². The lowest BCUT2D eigenvalue weighted by atomic mass is 9.99. The summed E-state index contributed by atoms with van der Waals surface area (Å²) in [6.07, 6.45) is 2.01. The number of benzene rings is 3. The van der Waals surface area contributed by atoms with Gasteiger partial charge in [-0.3, -0.25) is 4.79 Å². The Hall–Kier alpha value is -2.77. The van der Waals surface area contributed by atoms with Crippen LogP contribution in [-0.4, -0.2) is 49.7 Å². The molecule has 0 saturated carbocycles. The first-order chi connectivity index (χ1) is 14.4. The van der Waals surface area contributed by atoms with Crippen LogP contribution in [0.5, 0.6) is 0 Å². The lowest BCUT2D eigenvalue weighted by Crippen LogP contribution is -2.50. The molecule has 1 amide bonds. The van der Waals surface area contributed by atoms with Crippen molar-refractivity contribution in [2.75, 3.05) is 26.2 Å². The summed E-state index contributed by atoms with van der Waals surface area (Å²) in [6.45, 7) is 1.07. The van der Waals surface area contributed by atoms with Gasteiger partial charge in [0, 0.05) is 31.7 Å². The van der Waals surface area contributed by atoms with Crippen LogP contribution in [0.15, 0.2) is 59.5 Å². The van der Waals surface area contributed by atoms with E-state index >= 15 is 0 Å². The highest BCUT2D eigenvalue weighted by Gasteiger charge is 2.31. The maximum atomic E-state index is 13.2. The summed E-state index contributed by atoms with van der Waals surface area (Å²) in [4.78, 5) is 15.0. The molecule has 154 valence electrons. The van der Waals surface area contributed by atoms with Crippen molar-refractivity contribution in [1.82, 2.24) is 9.21 Å². The van der Waals surface area contributed by atoms with Gasteiger partial charge in [0.05, 0.1) is 4.90 Å². The van der Waals surface area contributed by atoms with E-state index in [1.807, 2.05) is 24.3 Å². The highest BCUT2D eigenvalue weighted by molar-refractivity contribution is 7.89. The molecule has 0 atom stereocenters. The Bertz CT molecular complexity index is 1240. The Morgan fingerprint density at radius 3 is 2.20 bits per heavy atom. The maximum Gasteiger partial charge on any atom is 0.254 e. The summed E-state index contributed by atoms with van der Waals surface area (Å²) in [5.41, 5.74) is 3.24. The van der Waals surface area contributed by atoms with E-state index in [1.54, 1.807) is 4.90 Å². The number of hydrogen-bond donors (Lipinski definition) is 0. The number of amides is 1. The van der Waals surface area contributed by atoms with Crippen molar-refractivity contribution in [1.29, 1.82) is 0 Å². The molecule has 1 fully saturated rings. The first-order valence-electron chi connectivity index (χ1n) is 10.0. The quantitative estimate of drug-likeness (QED) is 0.649. The number of piperazine rings is 1. The van der Waals surface area contributed by atoms with Crippen molar-refractivity contribution < 1.29 is 17.6 Å². The third kappa shape index (κ3) is 3.09. The molecule has 0 radical (unpaired) electrons. The number of sulfonamides is 1. The minimum Gasteiger partial charge on any atom is -0.336 e. The van der Waals surface area contributed by atoms with Gasteiger partial charge in [0.25, 0.3) is 5.91 Å². The molecule has 1 saturated heterocycles. The topological polar surface area (TPSA) is 57.7 Å². The monoisotopic (exact) mass is 424 g/mol. The molecular weight excluding hydrogens is 403 g/mol. The van der Waals surface area contributed by atoms with Gasteiger partial charge in [0.15, 0.2) is 0 Å². The molecule has 0 spiro atoms. The van der Waals surface area contributed by atoms with E-state index < -0.39 is 15.8 Å². The number of carbonyl (C=O) groups excluding carboxylic acids is 1. The average molecular weight is 424 g/mol. The molecule has 3 aromatic carbocycles. The Balaban J connectivity index is 1.36. The number of carbonyl (C=O) groups is 1. The van der Waals surface area contributed by atoms with Crippen molar-refractivity contribution in [3.05, 3.63) is 77.1 Å². The lowest BCUT2D eigenvalue weighted by Gasteiger charge is -2.34. The Morgan fingerprint density at radius 2 is 1.50 bits per heavy atom. The minimum absolute atomic E-state index is 0.0653. The molecule has 0 N–H and O–H groups in total. The molecular formula is C23H21FN2O3S. The molecule has 1 aliphatic carbocycles. The van der Waals surface area contributed by atoms with Crippen LogP contribution >= 0.6 is 0 Å². The SMILES string of the molecule is O=C(c1ccc2c3c(cccc13)CC2)N1CCN(S(=O)(=O)c2ccc(F)cc2)CC1. The fraction of sp³-hybridized carbons (Fsp3) is 0.261. The first-order valence-corrected chi connectivity index (χ1v) is 11.5. The van der Waals surface area contributed by atoms with Gasteiger partial charge in [-0.05, 0) is 65.1 Å². The zero-order valence-electron chi connectivity index (χ0n) is 16.3. The second kappa shape index (κ2) is 7.18. The van der Waals surface area contributed by atoms with Crippen molar-refractivity contribution in [2.45, 2.75) is 17.7 Å². The van der Waals surface area contributed by atoms with Crippen LogP contribution in [0.3, 0.4) is 0 Å². The zero-order valence-corrected chi connectivity index (χ0v) is 17.2. The van der Waals surface area contributed by atoms with Crippen molar-refractivity contribution in [2.24, 2.45) is 0 Å². The molecule has 1 heterocycles. The largest absolute Gasteiger partial charge is 0.336 e. The van der Waals surface area contributed by atoms with E-state index in [4.69, 9.17) is 0 Å². The molecule has 3 aromatic rings. The van der Waals surface area contributed by atoms with Gasteiger partial charge in [0.1, 0.15) is 5.82 Å². The summed E-state index contributed by atoms with van der Waals surface area (Å²) in [7, 11) is -3.70. The van der Waals surface area contributed by atoms with Gasteiger partial charge >= 0.3 is 0 Å². The molecule has 5 nitrogen and oxygen atoms in total. The first kappa shape index (κ1) is 19.2. The molecule has 0 unspecified atom stereocenters. The zero-order chi connectivity index (χ0) is 20.9. The highest BCUT2D eigenvalue weighted by Crippen LogP contribution is 2.33. The molecule has 30 heavy (non-hydrogen) atoms. The summed E-state index contributed by atoms with van der Waals surface area (Å²) < 4.78 is 40.1. The van der Waals surface area contributed by atoms with Crippen molar-refractivity contribution in [3.63, 3.8) is 0 Å². The second-order valence-corrected chi connectivity index (χ2v) is 9.70. The van der Waals surface area contributed by atoms with Crippen LogP contribution < -0.4 is 0 Å². The van der Waals surface area contributed by atoms with Gasteiger partial charge in [-0.1, -0.05) is 24.3 Å². The molecule has 0 bridgehead atoms. The predicted octanol–water partition coefficient (Wildman–Crippen LogP) is 3.22. The lowest BCUT2D eigenvalue weighted by molar-refractivity contribution is 0.0700. The maximum absolute atomic E-state index is 13.2. The third-order valence-corrected chi connectivity index (χ3v) is 8.00. The molecule has 0 aromatic heterocycles. The molecule has 1 aliphatic heterocycles. The molecule has 2 aliphatic rings. The Labute approximate surface area is 174 Å². The van der Waals surface area contributed by atoms with Crippen molar-refractivity contribution in [3.8, 4) is 0 Å². The van der Waals surface area contributed by atoms with E-state index in [0.29, 0.717) is 18.7 Å². The summed E-state index contributed by atoms with van der Waals surface area (Å²) in [5.74, 6) is -0.542. The Morgan fingerprint density at radius 1 is 0.833 bits per heavy atom. The van der Waals surface area contributed by atoms with Gasteiger partial charge < -0.3 is 4.90 Å². The number of rotatable bonds is 3. The summed E-state index contributed by atoms with van der Waals surface area (Å²) in [6, 6.07) is 14.9. The average Bonchev–Trinajstić information content (AvgIpc) is 3.19. The number of nitrogens with zero attached hydrogens (tertiary/aromatic N) is 2. The fourth-order valence-electron chi connectivity index (χ4n) is 4.49. The van der Waals surface area contributed by atoms with Crippen LogP contribution in [0, 0.1) is 5.82 Å². The number of halogens is 1.